The zero-order chi connectivity index (χ0) is 25.0. The van der Waals surface area contributed by atoms with Crippen molar-refractivity contribution in [2.24, 2.45) is 5.73 Å². The summed E-state index contributed by atoms with van der Waals surface area (Å²) >= 11 is 0. The number of para-hydroxylation sites is 1. The van der Waals surface area contributed by atoms with Gasteiger partial charge in [-0.1, -0.05) is 42.5 Å². The first-order chi connectivity index (χ1) is 16.3. The lowest BCUT2D eigenvalue weighted by molar-refractivity contribution is -0.384. The molecule has 1 unspecified atom stereocenters. The molecule has 1 atom stereocenters. The molecule has 174 valence electrons. The normalized spacial score (nSPS) is 15.6. The molecular weight excluding hydrogens is 444 g/mol. The number of carbonyl (C=O) groups is 2. The predicted molar refractivity (Wildman–Crippen MR) is 119 cm³/mol. The van der Waals surface area contributed by atoms with Crippen LogP contribution >= 0.6 is 0 Å². The van der Waals surface area contributed by atoms with Crippen LogP contribution in [0.1, 0.15) is 17.0 Å². The Balaban J connectivity index is 2.53. The predicted octanol–water partition coefficient (Wildman–Crippen LogP) is 1.98. The number of allylic oxidation sites excluding steroid dienone is 1. The number of carbonyl (C=O) groups excluding carboxylic acids is 2. The number of nitro groups is 1. The minimum absolute atomic E-state index is 0.0261. The molecule has 11 nitrogen and oxygen atoms in total. The number of methoxy groups -OCH3 is 2. The van der Waals surface area contributed by atoms with Gasteiger partial charge in [0.2, 0.25) is 0 Å². The molecule has 0 bridgehead atoms. The third kappa shape index (κ3) is 3.94. The quantitative estimate of drug-likeness (QED) is 0.366. The highest BCUT2D eigenvalue weighted by atomic mass is 16.6. The maximum absolute atomic E-state index is 13.1. The number of esters is 2. The fourth-order valence-electron chi connectivity index (χ4n) is 3.86. The Labute approximate surface area is 194 Å². The van der Waals surface area contributed by atoms with Gasteiger partial charge in [0, 0.05) is 11.6 Å². The average Bonchev–Trinajstić information content (AvgIpc) is 2.86. The van der Waals surface area contributed by atoms with Gasteiger partial charge in [0.1, 0.15) is 17.2 Å². The highest BCUT2D eigenvalue weighted by molar-refractivity contribution is 6.07. The van der Waals surface area contributed by atoms with Crippen molar-refractivity contribution in [3.63, 3.8) is 0 Å². The Morgan fingerprint density at radius 3 is 2.32 bits per heavy atom. The van der Waals surface area contributed by atoms with Crippen LogP contribution in [0.25, 0.3) is 0 Å². The van der Waals surface area contributed by atoms with E-state index in [0.29, 0.717) is 5.56 Å². The molecule has 1 aliphatic rings. The van der Waals surface area contributed by atoms with E-state index < -0.39 is 40.8 Å². The molecule has 1 aliphatic heterocycles. The zero-order valence-electron chi connectivity index (χ0n) is 18.2. The number of hydrogen-bond donors (Lipinski definition) is 2. The van der Waals surface area contributed by atoms with Crippen LogP contribution in [0, 0.1) is 21.4 Å². The summed E-state index contributed by atoms with van der Waals surface area (Å²) < 4.78 is 9.83. The molecule has 3 rings (SSSR count). The molecule has 0 radical (unpaired) electrons. The third-order valence-corrected chi connectivity index (χ3v) is 5.30. The summed E-state index contributed by atoms with van der Waals surface area (Å²) in [6.07, 6.45) is 0. The van der Waals surface area contributed by atoms with Crippen LogP contribution in [0.15, 0.2) is 71.2 Å². The Bertz CT molecular complexity index is 1260. The molecule has 11 heteroatoms. The number of aliphatic hydroxyl groups excluding tert-OH is 1. The SMILES string of the molecule is COC(=O)C1=C(C(=O)OC)N(c2c(CO)cccc2[N+](=O)[O-])C(N)=C(C#N)C1c1ccccc1. The van der Waals surface area contributed by atoms with E-state index in [1.807, 2.05) is 6.07 Å². The van der Waals surface area contributed by atoms with E-state index in [9.17, 15) is 30.1 Å². The van der Waals surface area contributed by atoms with Gasteiger partial charge >= 0.3 is 11.9 Å². The molecule has 0 aromatic heterocycles. The third-order valence-electron chi connectivity index (χ3n) is 5.30. The largest absolute Gasteiger partial charge is 0.466 e. The molecule has 3 N–H and O–H groups in total. The summed E-state index contributed by atoms with van der Waals surface area (Å²) in [7, 11) is 2.15. The van der Waals surface area contributed by atoms with Crippen LogP contribution < -0.4 is 10.6 Å². The highest BCUT2D eigenvalue weighted by Gasteiger charge is 2.45. The zero-order valence-corrected chi connectivity index (χ0v) is 18.2. The molecule has 0 saturated carbocycles. The van der Waals surface area contributed by atoms with Crippen LogP contribution in [-0.2, 0) is 25.7 Å². The fraction of sp³-hybridized carbons (Fsp3) is 0.174. The van der Waals surface area contributed by atoms with Crippen molar-refractivity contribution in [3.8, 4) is 6.07 Å². The fourth-order valence-corrected chi connectivity index (χ4v) is 3.86. The van der Waals surface area contributed by atoms with Crippen molar-refractivity contribution < 1.29 is 29.1 Å². The molecule has 2 aromatic carbocycles. The minimum atomic E-state index is -1.12. The van der Waals surface area contributed by atoms with Crippen LogP contribution in [0.2, 0.25) is 0 Å². The first-order valence-corrected chi connectivity index (χ1v) is 9.85. The summed E-state index contributed by atoms with van der Waals surface area (Å²) in [5, 5.41) is 31.8. The summed E-state index contributed by atoms with van der Waals surface area (Å²) in [4.78, 5) is 38.1. The van der Waals surface area contributed by atoms with Crippen LogP contribution in [0.5, 0.6) is 0 Å². The van der Waals surface area contributed by atoms with Crippen LogP contribution in [-0.4, -0.2) is 36.2 Å². The van der Waals surface area contributed by atoms with Crippen LogP contribution in [0.3, 0.4) is 0 Å². The number of anilines is 1. The maximum Gasteiger partial charge on any atom is 0.355 e. The number of rotatable bonds is 6. The number of nitrogens with zero attached hydrogens (tertiary/aromatic N) is 3. The first kappa shape index (κ1) is 24.0. The first-order valence-electron chi connectivity index (χ1n) is 9.85. The van der Waals surface area contributed by atoms with Crippen LogP contribution in [0.4, 0.5) is 11.4 Å². The van der Waals surface area contributed by atoms with Crippen molar-refractivity contribution in [2.45, 2.75) is 12.5 Å². The molecule has 0 fully saturated rings. The van der Waals surface area contributed by atoms with Crippen molar-refractivity contribution in [3.05, 3.63) is 92.4 Å². The van der Waals surface area contributed by atoms with E-state index in [4.69, 9.17) is 15.2 Å². The summed E-state index contributed by atoms with van der Waals surface area (Å²) in [5.41, 5.74) is 5.12. The van der Waals surface area contributed by atoms with Crippen molar-refractivity contribution in [2.75, 3.05) is 19.1 Å². The number of aliphatic hydroxyl groups is 1. The number of hydrogen-bond acceptors (Lipinski definition) is 10. The lowest BCUT2D eigenvalue weighted by Crippen LogP contribution is -2.41. The minimum Gasteiger partial charge on any atom is -0.466 e. The highest BCUT2D eigenvalue weighted by Crippen LogP contribution is 2.46. The van der Waals surface area contributed by atoms with Gasteiger partial charge in [0.25, 0.3) is 5.69 Å². The Morgan fingerprint density at radius 1 is 1.15 bits per heavy atom. The summed E-state index contributed by atoms with van der Waals surface area (Å²) in [5.74, 6) is -3.48. The molecule has 0 amide bonds. The number of ether oxygens (including phenoxy) is 2. The second-order valence-corrected chi connectivity index (χ2v) is 7.04. The van der Waals surface area contributed by atoms with E-state index in [1.54, 1.807) is 30.3 Å². The molecule has 0 saturated heterocycles. The van der Waals surface area contributed by atoms with E-state index in [0.717, 1.165) is 25.2 Å². The number of benzene rings is 2. The van der Waals surface area contributed by atoms with Gasteiger partial charge in [-0.25, -0.2) is 9.59 Å². The molecule has 0 spiro atoms. The van der Waals surface area contributed by atoms with Gasteiger partial charge in [-0.05, 0) is 5.56 Å². The second kappa shape index (κ2) is 9.85. The van der Waals surface area contributed by atoms with Gasteiger partial charge in [-0.15, -0.1) is 0 Å². The summed E-state index contributed by atoms with van der Waals surface area (Å²) in [6, 6.07) is 14.2. The van der Waals surface area contributed by atoms with E-state index >= 15 is 0 Å². The Kier molecular flexibility index (Phi) is 6.94. The van der Waals surface area contributed by atoms with Crippen molar-refractivity contribution >= 4 is 23.3 Å². The molecule has 0 aliphatic carbocycles. The van der Waals surface area contributed by atoms with Gasteiger partial charge in [-0.2, -0.15) is 5.26 Å². The van der Waals surface area contributed by atoms with Crippen molar-refractivity contribution in [1.29, 1.82) is 5.26 Å². The van der Waals surface area contributed by atoms with E-state index in [-0.39, 0.29) is 28.2 Å². The van der Waals surface area contributed by atoms with Gasteiger partial charge in [0.15, 0.2) is 0 Å². The van der Waals surface area contributed by atoms with E-state index in [2.05, 4.69) is 0 Å². The average molecular weight is 464 g/mol. The molecule has 34 heavy (non-hydrogen) atoms. The smallest absolute Gasteiger partial charge is 0.355 e. The molecule has 2 aromatic rings. The lowest BCUT2D eigenvalue weighted by Gasteiger charge is -2.36. The topological polar surface area (TPSA) is 169 Å². The van der Waals surface area contributed by atoms with Crippen molar-refractivity contribution in [1.82, 2.24) is 0 Å². The maximum atomic E-state index is 13.1. The van der Waals surface area contributed by atoms with Gasteiger partial charge in [0.05, 0.1) is 48.9 Å². The van der Waals surface area contributed by atoms with E-state index in [1.165, 1.54) is 12.1 Å². The van der Waals surface area contributed by atoms with Gasteiger partial charge in [-0.3, -0.25) is 15.0 Å². The number of nitrogens with two attached hydrogens (primary N) is 1. The lowest BCUT2D eigenvalue weighted by atomic mass is 9.80. The van der Waals surface area contributed by atoms with Gasteiger partial charge < -0.3 is 20.3 Å². The summed E-state index contributed by atoms with van der Waals surface area (Å²) in [6.45, 7) is -0.660. The molecule has 1 heterocycles. The Morgan fingerprint density at radius 2 is 1.79 bits per heavy atom. The molecular formula is C23H20N4O7. The number of nitro benzene ring substituents is 1. The Hall–Kier alpha value is -4.69. The second-order valence-electron chi connectivity index (χ2n) is 7.04. The number of nitriles is 1. The standard InChI is InChI=1S/C23H20N4O7/c1-33-22(29)18-17(13-7-4-3-5-8-13)15(11-24)21(25)26(20(18)23(30)34-2)19-14(12-28)9-6-10-16(19)27(31)32/h3-10,17,28H,12,25H2,1-2H3. The monoisotopic (exact) mass is 464 g/mol.